The van der Waals surface area contributed by atoms with Crippen molar-refractivity contribution >= 4 is 66.3 Å². The van der Waals surface area contributed by atoms with Crippen LogP contribution >= 0.6 is 34.8 Å². The Hall–Kier alpha value is -2.83. The predicted molar refractivity (Wildman–Crippen MR) is 191 cm³/mol. The maximum absolute atomic E-state index is 15.2. The van der Waals surface area contributed by atoms with Crippen molar-refractivity contribution in [1.29, 1.82) is 0 Å². The number of carbonyl (C=O) groups excluding carboxylic acids is 1. The van der Waals surface area contributed by atoms with Crippen molar-refractivity contribution in [2.45, 2.75) is 67.8 Å². The zero-order valence-electron chi connectivity index (χ0n) is 27.5. The van der Waals surface area contributed by atoms with Gasteiger partial charge in [0.2, 0.25) is 0 Å². The fourth-order valence-corrected chi connectivity index (χ4v) is 9.50. The van der Waals surface area contributed by atoms with Gasteiger partial charge in [0.15, 0.2) is 9.84 Å². The van der Waals surface area contributed by atoms with Gasteiger partial charge in [0.05, 0.1) is 27.3 Å². The lowest BCUT2D eigenvalue weighted by Gasteiger charge is -2.48. The number of carbonyl (C=O) groups is 1. The van der Waals surface area contributed by atoms with E-state index in [4.69, 9.17) is 44.5 Å². The van der Waals surface area contributed by atoms with Crippen LogP contribution in [0.4, 0.5) is 4.79 Å². The highest BCUT2D eigenvalue weighted by Crippen LogP contribution is 2.54. The maximum Gasteiger partial charge on any atom is 0.326 e. The molecule has 3 aromatic rings. The molecule has 2 amide bonds. The number of piperidine rings is 1. The van der Waals surface area contributed by atoms with Crippen LogP contribution < -0.4 is 4.74 Å². The van der Waals surface area contributed by atoms with Crippen molar-refractivity contribution in [3.8, 4) is 5.75 Å². The van der Waals surface area contributed by atoms with E-state index in [1.807, 2.05) is 45.0 Å². The molecule has 48 heavy (non-hydrogen) atoms. The molecule has 0 spiro atoms. The Labute approximate surface area is 297 Å². The first kappa shape index (κ1) is 36.5. The van der Waals surface area contributed by atoms with Crippen LogP contribution in [0.3, 0.4) is 0 Å². The lowest BCUT2D eigenvalue weighted by Crippen LogP contribution is -2.61. The Kier molecular flexibility index (Phi) is 9.97. The zero-order valence-corrected chi connectivity index (χ0v) is 31.4. The third-order valence-corrected chi connectivity index (χ3v) is 13.3. The summed E-state index contributed by atoms with van der Waals surface area (Å²) in [5.74, 6) is 0.409. The topological polar surface area (TPSA) is 113 Å². The van der Waals surface area contributed by atoms with Gasteiger partial charge in [-0.25, -0.2) is 21.6 Å². The molecule has 14 heteroatoms. The van der Waals surface area contributed by atoms with Crippen molar-refractivity contribution < 1.29 is 26.4 Å². The fraction of sp³-hybridized carbons (Fsp3) is 0.412. The summed E-state index contributed by atoms with van der Waals surface area (Å²) in [5.41, 5.74) is -0.744. The molecule has 9 nitrogen and oxygen atoms in total. The van der Waals surface area contributed by atoms with Crippen molar-refractivity contribution in [2.24, 2.45) is 4.99 Å². The Balaban J connectivity index is 1.83. The summed E-state index contributed by atoms with van der Waals surface area (Å²) >= 11 is 19.2. The summed E-state index contributed by atoms with van der Waals surface area (Å²) in [6, 6.07) is 16.3. The van der Waals surface area contributed by atoms with E-state index in [1.165, 1.54) is 18.4 Å². The molecule has 5 rings (SSSR count). The largest absolute Gasteiger partial charge is 0.493 e. The van der Waals surface area contributed by atoms with Crippen molar-refractivity contribution in [1.82, 2.24) is 9.80 Å². The quantitative estimate of drug-likeness (QED) is 0.249. The summed E-state index contributed by atoms with van der Waals surface area (Å²) < 4.78 is 56.9. The molecule has 2 heterocycles. The molecular weight excluding hydrogens is 717 g/mol. The molecule has 1 fully saturated rings. The summed E-state index contributed by atoms with van der Waals surface area (Å²) in [4.78, 5) is 23.6. The van der Waals surface area contributed by atoms with Gasteiger partial charge in [0.25, 0.3) is 0 Å². The molecule has 2 aliphatic rings. The maximum atomic E-state index is 15.2. The molecular formula is C34H38Cl3N3O6S2. The number of amidine groups is 1. The van der Waals surface area contributed by atoms with Crippen molar-refractivity contribution in [3.05, 3.63) is 92.4 Å². The van der Waals surface area contributed by atoms with Gasteiger partial charge in [0.1, 0.15) is 32.5 Å². The van der Waals surface area contributed by atoms with Gasteiger partial charge >= 0.3 is 6.03 Å². The molecule has 4 atom stereocenters. The lowest BCUT2D eigenvalue weighted by molar-refractivity contribution is 0.0891. The smallest absolute Gasteiger partial charge is 0.326 e. The highest BCUT2D eigenvalue weighted by Gasteiger charge is 2.60. The second-order valence-electron chi connectivity index (χ2n) is 12.7. The Morgan fingerprint density at radius 1 is 0.938 bits per heavy atom. The van der Waals surface area contributed by atoms with Gasteiger partial charge in [-0.1, -0.05) is 59.1 Å². The summed E-state index contributed by atoms with van der Waals surface area (Å²) in [5, 5.41) is 0.405. The van der Waals surface area contributed by atoms with Crippen LogP contribution in [0.1, 0.15) is 57.2 Å². The second kappa shape index (κ2) is 13.1. The van der Waals surface area contributed by atoms with Gasteiger partial charge in [-0.15, -0.1) is 0 Å². The van der Waals surface area contributed by atoms with E-state index < -0.39 is 48.1 Å². The van der Waals surface area contributed by atoms with Crippen LogP contribution in [0.25, 0.3) is 0 Å². The normalized spacial score (nSPS) is 24.8. The van der Waals surface area contributed by atoms with Gasteiger partial charge < -0.3 is 9.64 Å². The SMILES string of the molecule is CCOc1cc(Cl)c(S(C)(=O)=O)cc1C1=N[C@@](C)(c2ccc(Cl)cc2)[C@@](C)(c2ccc(Cl)cc2)N1C(=O)N1CCC(S(C)(=O)=O)CC1C. The Morgan fingerprint density at radius 3 is 2.00 bits per heavy atom. The number of hydrogen-bond acceptors (Lipinski definition) is 7. The Bertz CT molecular complexity index is 1990. The van der Waals surface area contributed by atoms with Crippen molar-refractivity contribution in [2.75, 3.05) is 25.7 Å². The molecule has 2 unspecified atom stereocenters. The fourth-order valence-electron chi connectivity index (χ4n) is 6.77. The number of nitrogens with zero attached hydrogens (tertiary/aromatic N) is 3. The number of likely N-dealkylation sites (tertiary alicyclic amines) is 1. The lowest BCUT2D eigenvalue weighted by atomic mass is 9.71. The summed E-state index contributed by atoms with van der Waals surface area (Å²) in [7, 11) is -7.15. The molecule has 0 N–H and O–H groups in total. The minimum atomic E-state index is -3.82. The molecule has 0 saturated carbocycles. The molecule has 0 bridgehead atoms. The van der Waals surface area contributed by atoms with E-state index in [1.54, 1.807) is 41.0 Å². The van der Waals surface area contributed by atoms with E-state index in [-0.39, 0.29) is 53.1 Å². The number of halogens is 3. The molecule has 3 aromatic carbocycles. The van der Waals surface area contributed by atoms with Crippen LogP contribution in [0.2, 0.25) is 15.1 Å². The first-order valence-corrected chi connectivity index (χ1v) is 20.4. The molecule has 0 radical (unpaired) electrons. The third kappa shape index (κ3) is 6.44. The number of aliphatic imine (C=N–C) groups is 1. The van der Waals surface area contributed by atoms with Gasteiger partial charge in [-0.3, -0.25) is 9.89 Å². The molecule has 1 saturated heterocycles. The second-order valence-corrected chi connectivity index (χ2v) is 18.3. The van der Waals surface area contributed by atoms with Crippen LogP contribution in [0, 0.1) is 0 Å². The Morgan fingerprint density at radius 2 is 1.50 bits per heavy atom. The summed E-state index contributed by atoms with van der Waals surface area (Å²) in [6.07, 6.45) is 2.81. The number of benzene rings is 3. The highest BCUT2D eigenvalue weighted by atomic mass is 35.5. The monoisotopic (exact) mass is 753 g/mol. The van der Waals surface area contributed by atoms with Crippen molar-refractivity contribution in [3.63, 3.8) is 0 Å². The number of amides is 2. The molecule has 0 aliphatic carbocycles. The minimum absolute atomic E-state index is 0.0291. The van der Waals surface area contributed by atoms with E-state index in [9.17, 15) is 16.8 Å². The number of hydrogen-bond donors (Lipinski definition) is 0. The average Bonchev–Trinajstić information content (AvgIpc) is 3.24. The number of ether oxygens (including phenoxy) is 1. The van der Waals surface area contributed by atoms with Gasteiger partial charge in [-0.2, -0.15) is 0 Å². The zero-order chi connectivity index (χ0) is 35.4. The standard InChI is InChI=1S/C34H38Cl3N3O6S2/c1-7-46-29-20-28(37)30(48(6,44)45)19-27(29)31-38-33(3,22-8-12-24(35)13-9-22)34(4,23-10-14-25(36)15-11-23)40(31)32(41)39-17-16-26(18-21(39)2)47(5,42)43/h8-15,19-21,26H,7,16-18H2,1-6H3/t21?,26?,33-,34+/m0/s1. The van der Waals surface area contributed by atoms with E-state index >= 15 is 4.79 Å². The summed E-state index contributed by atoms with van der Waals surface area (Å²) in [6.45, 7) is 7.83. The number of rotatable bonds is 7. The molecule has 0 aromatic heterocycles. The predicted octanol–water partition coefficient (Wildman–Crippen LogP) is 7.36. The van der Waals surface area contributed by atoms with E-state index in [0.29, 0.717) is 15.6 Å². The number of sulfone groups is 2. The van der Waals surface area contributed by atoms with Crippen LogP contribution in [0.15, 0.2) is 70.6 Å². The average molecular weight is 755 g/mol. The number of urea groups is 1. The van der Waals surface area contributed by atoms with Crippen LogP contribution in [-0.4, -0.2) is 75.5 Å². The van der Waals surface area contributed by atoms with Crippen LogP contribution in [-0.2, 0) is 30.8 Å². The molecule has 2 aliphatic heterocycles. The first-order valence-electron chi connectivity index (χ1n) is 15.4. The van der Waals surface area contributed by atoms with Gasteiger partial charge in [-0.05, 0) is 82.0 Å². The van der Waals surface area contributed by atoms with Gasteiger partial charge in [0, 0.05) is 41.2 Å². The van der Waals surface area contributed by atoms with E-state index in [0.717, 1.165) is 11.8 Å². The minimum Gasteiger partial charge on any atom is -0.493 e. The first-order chi connectivity index (χ1) is 22.3. The highest BCUT2D eigenvalue weighted by molar-refractivity contribution is 7.91. The third-order valence-electron chi connectivity index (χ3n) is 9.59. The van der Waals surface area contributed by atoms with Crippen LogP contribution in [0.5, 0.6) is 5.75 Å². The molecule has 258 valence electrons. The van der Waals surface area contributed by atoms with E-state index in [2.05, 4.69) is 0 Å².